The molecule has 0 amide bonds. The molecular weight excluding hydrogens is 1270 g/mol. The normalized spacial score (nSPS) is 14.2. The second-order valence-electron chi connectivity index (χ2n) is 28.3. The fourth-order valence-corrected chi connectivity index (χ4v) is 13.6. The average Bonchev–Trinajstić information content (AvgIpc) is 1.57. The first-order valence-corrected chi connectivity index (χ1v) is 43.7. The number of aliphatic hydroxyl groups is 1. The molecule has 97 heavy (non-hydrogen) atoms. The monoisotopic (exact) mass is 1420 g/mol. The Bertz CT molecular complexity index is 1860. The topological polar surface area (TPSA) is 237 Å². The molecule has 0 aromatic carbocycles. The summed E-state index contributed by atoms with van der Waals surface area (Å²) in [5.41, 5.74) is 0. The Kier molecular flexibility index (Phi) is 69.6. The molecule has 0 spiro atoms. The largest absolute Gasteiger partial charge is 0.472 e. The lowest BCUT2D eigenvalue weighted by Crippen LogP contribution is -2.30. The molecule has 0 radical (unpaired) electrons. The third-order valence-corrected chi connectivity index (χ3v) is 20.5. The van der Waals surface area contributed by atoms with Gasteiger partial charge in [0.15, 0.2) is 12.2 Å². The number of phosphoric acid groups is 2. The number of aliphatic hydroxyl groups excluding tert-OH is 1. The van der Waals surface area contributed by atoms with Crippen molar-refractivity contribution in [2.45, 2.75) is 432 Å². The van der Waals surface area contributed by atoms with Gasteiger partial charge in [0.25, 0.3) is 0 Å². The van der Waals surface area contributed by atoms with E-state index in [1.165, 1.54) is 238 Å². The highest BCUT2D eigenvalue weighted by Crippen LogP contribution is 2.45. The van der Waals surface area contributed by atoms with E-state index in [2.05, 4.69) is 34.6 Å². The van der Waals surface area contributed by atoms with Crippen LogP contribution in [-0.4, -0.2) is 96.7 Å². The van der Waals surface area contributed by atoms with E-state index in [1.54, 1.807) is 0 Å². The molecule has 0 heterocycles. The predicted molar refractivity (Wildman–Crippen MR) is 395 cm³/mol. The molecule has 0 rings (SSSR count). The fourth-order valence-electron chi connectivity index (χ4n) is 12.0. The van der Waals surface area contributed by atoms with Crippen LogP contribution in [-0.2, 0) is 65.4 Å². The molecule has 19 heteroatoms. The Morgan fingerprint density at radius 2 is 0.495 bits per heavy atom. The first-order chi connectivity index (χ1) is 47.1. The highest BCUT2D eigenvalue weighted by atomic mass is 31.2. The maximum atomic E-state index is 13.1. The zero-order chi connectivity index (χ0) is 71.2. The van der Waals surface area contributed by atoms with Crippen LogP contribution in [0.25, 0.3) is 0 Å². The Balaban J connectivity index is 5.26. The van der Waals surface area contributed by atoms with E-state index < -0.39 is 97.5 Å². The molecule has 0 aromatic heterocycles. The van der Waals surface area contributed by atoms with Crippen molar-refractivity contribution < 1.29 is 80.2 Å². The van der Waals surface area contributed by atoms with Crippen molar-refractivity contribution in [3.63, 3.8) is 0 Å². The molecule has 0 saturated heterocycles. The van der Waals surface area contributed by atoms with Crippen molar-refractivity contribution >= 4 is 39.5 Å². The van der Waals surface area contributed by atoms with Crippen LogP contribution in [0.5, 0.6) is 0 Å². The number of esters is 4. The molecule has 0 aliphatic carbocycles. The van der Waals surface area contributed by atoms with Gasteiger partial charge in [-0.1, -0.05) is 362 Å². The average molecular weight is 1420 g/mol. The van der Waals surface area contributed by atoms with Gasteiger partial charge in [0.05, 0.1) is 26.4 Å². The first-order valence-electron chi connectivity index (χ1n) is 40.7. The standard InChI is InChI=1S/C78H152O17P2/c1-6-10-13-16-19-22-25-28-30-31-32-34-37-44-49-54-59-64-78(83)95-74(68-89-76(81)62-57-52-47-42-39-38-40-45-50-55-60-71(5)9-4)70-93-97(86,87)91-66-72(79)65-90-96(84,85)92-69-73(67-88-75(80)61-56-51-46-41-35-27-24-21-18-15-12-8-3)94-77(82)63-58-53-48-43-36-33-29-26-23-20-17-14-11-7-2/h71-74,79H,6-70H2,1-5H3,(H,84,85)(H,86,87)/t71?,72-,73+,74+/m0/s1. The maximum absolute atomic E-state index is 13.1. The van der Waals surface area contributed by atoms with Crippen LogP contribution in [0.2, 0.25) is 0 Å². The summed E-state index contributed by atoms with van der Waals surface area (Å²) in [5, 5.41) is 10.6. The van der Waals surface area contributed by atoms with Crippen LogP contribution in [0.15, 0.2) is 0 Å². The molecular formula is C78H152O17P2. The third kappa shape index (κ3) is 70.9. The smallest absolute Gasteiger partial charge is 0.462 e. The summed E-state index contributed by atoms with van der Waals surface area (Å²) >= 11 is 0. The highest BCUT2D eigenvalue weighted by Gasteiger charge is 2.30. The van der Waals surface area contributed by atoms with E-state index >= 15 is 0 Å². The lowest BCUT2D eigenvalue weighted by atomic mass is 9.99. The highest BCUT2D eigenvalue weighted by molar-refractivity contribution is 7.47. The summed E-state index contributed by atoms with van der Waals surface area (Å²) in [4.78, 5) is 72.9. The Morgan fingerprint density at radius 3 is 0.732 bits per heavy atom. The Morgan fingerprint density at radius 1 is 0.289 bits per heavy atom. The zero-order valence-corrected chi connectivity index (χ0v) is 65.0. The quantitative estimate of drug-likeness (QED) is 0.0222. The molecule has 0 fully saturated rings. The van der Waals surface area contributed by atoms with Gasteiger partial charge in [-0.15, -0.1) is 0 Å². The molecule has 0 aliphatic heterocycles. The van der Waals surface area contributed by atoms with E-state index in [9.17, 15) is 43.2 Å². The molecule has 0 aliphatic rings. The molecule has 576 valence electrons. The molecule has 0 aromatic rings. The summed E-state index contributed by atoms with van der Waals surface area (Å²) in [7, 11) is -9.91. The predicted octanol–water partition coefficient (Wildman–Crippen LogP) is 23.3. The third-order valence-electron chi connectivity index (χ3n) is 18.6. The van der Waals surface area contributed by atoms with E-state index in [0.29, 0.717) is 25.7 Å². The fraction of sp³-hybridized carbons (Fsp3) is 0.949. The van der Waals surface area contributed by atoms with Gasteiger partial charge in [0.2, 0.25) is 0 Å². The van der Waals surface area contributed by atoms with Gasteiger partial charge >= 0.3 is 39.5 Å². The van der Waals surface area contributed by atoms with Gasteiger partial charge in [-0.3, -0.25) is 37.3 Å². The summed E-state index contributed by atoms with van der Waals surface area (Å²) in [5.74, 6) is -1.30. The number of phosphoric ester groups is 2. The number of ether oxygens (including phenoxy) is 4. The first kappa shape index (κ1) is 95.1. The van der Waals surface area contributed by atoms with E-state index in [-0.39, 0.29) is 25.7 Å². The van der Waals surface area contributed by atoms with Gasteiger partial charge in [-0.05, 0) is 31.6 Å². The van der Waals surface area contributed by atoms with Crippen LogP contribution in [0.1, 0.15) is 413 Å². The lowest BCUT2D eigenvalue weighted by molar-refractivity contribution is -0.161. The summed E-state index contributed by atoms with van der Waals surface area (Å²) in [6.45, 7) is 7.35. The molecule has 6 atom stereocenters. The Hall–Kier alpha value is -1.94. The van der Waals surface area contributed by atoms with Gasteiger partial charge < -0.3 is 33.8 Å². The van der Waals surface area contributed by atoms with Crippen LogP contribution in [0.3, 0.4) is 0 Å². The van der Waals surface area contributed by atoms with Crippen LogP contribution in [0.4, 0.5) is 0 Å². The van der Waals surface area contributed by atoms with Crippen LogP contribution >= 0.6 is 15.6 Å². The Labute approximate surface area is 594 Å². The number of rotatable bonds is 78. The van der Waals surface area contributed by atoms with Crippen molar-refractivity contribution in [2.24, 2.45) is 5.92 Å². The summed E-state index contributed by atoms with van der Waals surface area (Å²) in [6, 6.07) is 0. The van der Waals surface area contributed by atoms with Crippen molar-refractivity contribution in [2.75, 3.05) is 39.6 Å². The van der Waals surface area contributed by atoms with Crippen molar-refractivity contribution in [1.29, 1.82) is 0 Å². The number of hydrogen-bond acceptors (Lipinski definition) is 15. The van der Waals surface area contributed by atoms with Crippen LogP contribution < -0.4 is 0 Å². The molecule has 3 unspecified atom stereocenters. The SMILES string of the molecule is CCCCCCCCCCCCCCCCCCCC(=O)O[C@H](COC(=O)CCCCCCCCCCCCC(C)CC)COP(=O)(O)OC[C@@H](O)COP(=O)(O)OC[C@@H](COC(=O)CCCCCCCCCCCCCC)OC(=O)CCCCCCCCCCCCCCCC. The van der Waals surface area contributed by atoms with Crippen molar-refractivity contribution in [3.8, 4) is 0 Å². The summed E-state index contributed by atoms with van der Waals surface area (Å²) in [6.07, 6.45) is 60.7. The lowest BCUT2D eigenvalue weighted by Gasteiger charge is -2.21. The molecule has 17 nitrogen and oxygen atoms in total. The van der Waals surface area contributed by atoms with E-state index in [4.69, 9.17) is 37.0 Å². The minimum atomic E-state index is -4.96. The van der Waals surface area contributed by atoms with Crippen molar-refractivity contribution in [1.82, 2.24) is 0 Å². The van der Waals surface area contributed by atoms with Gasteiger partial charge in [-0.2, -0.15) is 0 Å². The van der Waals surface area contributed by atoms with Crippen molar-refractivity contribution in [3.05, 3.63) is 0 Å². The molecule has 0 bridgehead atoms. The zero-order valence-electron chi connectivity index (χ0n) is 63.2. The number of hydrogen-bond donors (Lipinski definition) is 3. The molecule has 3 N–H and O–H groups in total. The maximum Gasteiger partial charge on any atom is 0.472 e. The van der Waals surface area contributed by atoms with Gasteiger partial charge in [0, 0.05) is 25.7 Å². The van der Waals surface area contributed by atoms with Gasteiger partial charge in [-0.25, -0.2) is 9.13 Å². The summed E-state index contributed by atoms with van der Waals surface area (Å²) < 4.78 is 68.7. The van der Waals surface area contributed by atoms with E-state index in [1.807, 2.05) is 0 Å². The number of carbonyl (C=O) groups is 4. The second-order valence-corrected chi connectivity index (χ2v) is 31.3. The number of unbranched alkanes of at least 4 members (excludes halogenated alkanes) is 49. The van der Waals surface area contributed by atoms with E-state index in [0.717, 1.165) is 95.8 Å². The number of carbonyl (C=O) groups excluding carboxylic acids is 4. The second kappa shape index (κ2) is 71.1. The minimum absolute atomic E-state index is 0.109. The van der Waals surface area contributed by atoms with Gasteiger partial charge in [0.1, 0.15) is 19.3 Å². The minimum Gasteiger partial charge on any atom is -0.462 e. The van der Waals surface area contributed by atoms with Crippen LogP contribution in [0, 0.1) is 5.92 Å². The molecule has 0 saturated carbocycles.